The number of carbonyl (C=O) groups is 3. The molecule has 35 heavy (non-hydrogen) atoms. The van der Waals surface area contributed by atoms with Crippen LogP contribution >= 0.6 is 11.3 Å². The SMILES string of the molecule is CC(C)(CNC(=O)OCC1c2ccccc2-c2ccccc21)C(=O)NCCc1nc(C(=O)O)cs1. The number of nitrogens with one attached hydrogen (secondary N) is 2. The summed E-state index contributed by atoms with van der Waals surface area (Å²) >= 11 is 1.24. The molecule has 0 atom stereocenters. The molecule has 0 saturated carbocycles. The van der Waals surface area contributed by atoms with E-state index < -0.39 is 17.5 Å². The van der Waals surface area contributed by atoms with Crippen molar-refractivity contribution in [2.45, 2.75) is 26.2 Å². The van der Waals surface area contributed by atoms with Crippen LogP contribution in [0, 0.1) is 5.41 Å². The molecule has 9 heteroatoms. The number of carboxylic acids is 1. The lowest BCUT2D eigenvalue weighted by atomic mass is 9.92. The third-order valence-corrected chi connectivity index (χ3v) is 6.94. The maximum Gasteiger partial charge on any atom is 0.407 e. The molecular weight excluding hydrogens is 466 g/mol. The van der Waals surface area contributed by atoms with Gasteiger partial charge in [-0.1, -0.05) is 48.5 Å². The molecule has 1 aliphatic carbocycles. The van der Waals surface area contributed by atoms with Crippen molar-refractivity contribution in [3.05, 3.63) is 75.7 Å². The van der Waals surface area contributed by atoms with Crippen LogP contribution in [-0.4, -0.2) is 47.8 Å². The van der Waals surface area contributed by atoms with Crippen LogP contribution in [0.15, 0.2) is 53.9 Å². The minimum atomic E-state index is -1.07. The van der Waals surface area contributed by atoms with Crippen molar-refractivity contribution in [2.75, 3.05) is 19.7 Å². The fourth-order valence-electron chi connectivity index (χ4n) is 4.07. The largest absolute Gasteiger partial charge is 0.476 e. The lowest BCUT2D eigenvalue weighted by Crippen LogP contribution is -2.45. The first-order chi connectivity index (χ1) is 16.8. The number of hydrogen-bond donors (Lipinski definition) is 3. The van der Waals surface area contributed by atoms with Gasteiger partial charge in [0.1, 0.15) is 6.61 Å². The second-order valence-electron chi connectivity index (χ2n) is 9.00. The number of ether oxygens (including phenoxy) is 1. The zero-order chi connectivity index (χ0) is 25.0. The molecule has 1 heterocycles. The molecule has 0 bridgehead atoms. The van der Waals surface area contributed by atoms with E-state index in [1.165, 1.54) is 16.7 Å². The van der Waals surface area contributed by atoms with Gasteiger partial charge < -0.3 is 20.5 Å². The number of alkyl carbamates (subject to hydrolysis) is 1. The van der Waals surface area contributed by atoms with E-state index in [4.69, 9.17) is 9.84 Å². The molecule has 0 aliphatic heterocycles. The van der Waals surface area contributed by atoms with Gasteiger partial charge in [-0.3, -0.25) is 4.79 Å². The highest BCUT2D eigenvalue weighted by atomic mass is 32.1. The van der Waals surface area contributed by atoms with Crippen LogP contribution in [0.5, 0.6) is 0 Å². The van der Waals surface area contributed by atoms with Gasteiger partial charge >= 0.3 is 12.1 Å². The van der Waals surface area contributed by atoms with E-state index in [0.29, 0.717) is 18.0 Å². The zero-order valence-corrected chi connectivity index (χ0v) is 20.4. The summed E-state index contributed by atoms with van der Waals surface area (Å²) in [5.41, 5.74) is 3.73. The molecular formula is C26H27N3O5S. The summed E-state index contributed by atoms with van der Waals surface area (Å²) in [7, 11) is 0. The van der Waals surface area contributed by atoms with Gasteiger partial charge in [0.15, 0.2) is 5.69 Å². The van der Waals surface area contributed by atoms with Crippen molar-refractivity contribution in [1.82, 2.24) is 15.6 Å². The molecule has 182 valence electrons. The maximum absolute atomic E-state index is 12.6. The number of fused-ring (bicyclic) bond motifs is 3. The van der Waals surface area contributed by atoms with Gasteiger partial charge in [0, 0.05) is 30.8 Å². The number of hydrogen-bond acceptors (Lipinski definition) is 6. The summed E-state index contributed by atoms with van der Waals surface area (Å²) in [6.07, 6.45) is -0.142. The average molecular weight is 494 g/mol. The Morgan fingerprint density at radius 1 is 1.03 bits per heavy atom. The molecule has 2 aromatic carbocycles. The summed E-state index contributed by atoms with van der Waals surface area (Å²) in [4.78, 5) is 40.0. The van der Waals surface area contributed by atoms with Crippen LogP contribution in [0.25, 0.3) is 11.1 Å². The minimum Gasteiger partial charge on any atom is -0.476 e. The smallest absolute Gasteiger partial charge is 0.407 e. The lowest BCUT2D eigenvalue weighted by Gasteiger charge is -2.24. The van der Waals surface area contributed by atoms with Crippen molar-refractivity contribution in [3.8, 4) is 11.1 Å². The van der Waals surface area contributed by atoms with Crippen LogP contribution in [0.3, 0.4) is 0 Å². The predicted molar refractivity (Wildman–Crippen MR) is 133 cm³/mol. The third-order valence-electron chi connectivity index (χ3n) is 6.03. The number of carboxylic acid groups (broad SMARTS) is 1. The Morgan fingerprint density at radius 3 is 2.26 bits per heavy atom. The molecule has 0 saturated heterocycles. The van der Waals surface area contributed by atoms with Crippen molar-refractivity contribution < 1.29 is 24.2 Å². The third kappa shape index (κ3) is 5.51. The number of carbonyl (C=O) groups excluding carboxylic acids is 2. The molecule has 0 radical (unpaired) electrons. The minimum absolute atomic E-state index is 0.00366. The number of aromatic carboxylic acids is 1. The number of nitrogens with zero attached hydrogens (tertiary/aromatic N) is 1. The van der Waals surface area contributed by atoms with Gasteiger partial charge in [-0.2, -0.15) is 0 Å². The van der Waals surface area contributed by atoms with Gasteiger partial charge in [0.25, 0.3) is 0 Å². The first kappa shape index (κ1) is 24.4. The monoisotopic (exact) mass is 493 g/mol. The highest BCUT2D eigenvalue weighted by Crippen LogP contribution is 2.44. The summed E-state index contributed by atoms with van der Waals surface area (Å²) in [6.45, 7) is 4.10. The van der Waals surface area contributed by atoms with Crippen molar-refractivity contribution in [1.29, 1.82) is 0 Å². The van der Waals surface area contributed by atoms with Crippen LogP contribution in [0.1, 0.15) is 46.4 Å². The molecule has 0 fully saturated rings. The van der Waals surface area contributed by atoms with Crippen molar-refractivity contribution in [3.63, 3.8) is 0 Å². The molecule has 3 N–H and O–H groups in total. The van der Waals surface area contributed by atoms with E-state index in [2.05, 4.69) is 39.9 Å². The Hall–Kier alpha value is -3.72. The normalized spacial score (nSPS) is 12.5. The molecule has 4 rings (SSSR count). The Balaban J connectivity index is 1.25. The highest BCUT2D eigenvalue weighted by molar-refractivity contribution is 7.09. The second-order valence-corrected chi connectivity index (χ2v) is 9.94. The van der Waals surface area contributed by atoms with Crippen LogP contribution < -0.4 is 10.6 Å². The van der Waals surface area contributed by atoms with Crippen LogP contribution in [-0.2, 0) is 16.0 Å². The van der Waals surface area contributed by atoms with Gasteiger partial charge in [-0.25, -0.2) is 14.6 Å². The van der Waals surface area contributed by atoms with Gasteiger partial charge in [0.2, 0.25) is 5.91 Å². The van der Waals surface area contributed by atoms with E-state index in [0.717, 1.165) is 22.3 Å². The topological polar surface area (TPSA) is 118 Å². The second kappa shape index (κ2) is 10.3. The fourth-order valence-corrected chi connectivity index (χ4v) is 4.84. The molecule has 2 amide bonds. The zero-order valence-electron chi connectivity index (χ0n) is 19.5. The van der Waals surface area contributed by atoms with Gasteiger partial charge in [-0.15, -0.1) is 11.3 Å². The standard InChI is InChI=1S/C26H27N3O5S/c1-26(2,24(32)27-12-11-22-29-21(14-35-22)23(30)31)15-28-25(33)34-13-20-18-9-5-3-7-16(18)17-8-4-6-10-19(17)20/h3-10,14,20H,11-13,15H2,1-2H3,(H,27,32)(H,28,33)(H,30,31). The summed E-state index contributed by atoms with van der Waals surface area (Å²) < 4.78 is 5.54. The quantitative estimate of drug-likeness (QED) is 0.414. The molecule has 1 aliphatic rings. The molecule has 8 nitrogen and oxygen atoms in total. The van der Waals surface area contributed by atoms with E-state index in [1.54, 1.807) is 13.8 Å². The summed E-state index contributed by atoms with van der Waals surface area (Å²) in [5, 5.41) is 16.6. The van der Waals surface area contributed by atoms with Gasteiger partial charge in [0.05, 0.1) is 10.4 Å². The number of amides is 2. The van der Waals surface area contributed by atoms with Crippen molar-refractivity contribution in [2.24, 2.45) is 5.41 Å². The Bertz CT molecular complexity index is 1210. The first-order valence-corrected chi connectivity index (χ1v) is 12.2. The first-order valence-electron chi connectivity index (χ1n) is 11.3. The summed E-state index contributed by atoms with van der Waals surface area (Å²) in [5.74, 6) is -1.33. The highest BCUT2D eigenvalue weighted by Gasteiger charge is 2.30. The number of benzene rings is 2. The number of aromatic nitrogens is 1. The van der Waals surface area contributed by atoms with Crippen LogP contribution in [0.2, 0.25) is 0 Å². The van der Waals surface area contributed by atoms with E-state index in [-0.39, 0.29) is 30.7 Å². The lowest BCUT2D eigenvalue weighted by molar-refractivity contribution is -0.129. The predicted octanol–water partition coefficient (Wildman–Crippen LogP) is 4.06. The fraction of sp³-hybridized carbons (Fsp3) is 0.308. The van der Waals surface area contributed by atoms with E-state index in [9.17, 15) is 14.4 Å². The number of rotatable bonds is 9. The average Bonchev–Trinajstić information content (AvgIpc) is 3.45. The van der Waals surface area contributed by atoms with Gasteiger partial charge in [-0.05, 0) is 36.1 Å². The van der Waals surface area contributed by atoms with E-state index >= 15 is 0 Å². The Labute approximate surface area is 207 Å². The van der Waals surface area contributed by atoms with Crippen LogP contribution in [0.4, 0.5) is 4.79 Å². The van der Waals surface area contributed by atoms with E-state index in [1.807, 2.05) is 24.3 Å². The summed E-state index contributed by atoms with van der Waals surface area (Å²) in [6, 6.07) is 16.2. The number of thiazole rings is 1. The molecule has 0 spiro atoms. The van der Waals surface area contributed by atoms with Crippen molar-refractivity contribution >= 4 is 29.3 Å². The Morgan fingerprint density at radius 2 is 1.66 bits per heavy atom. The molecule has 3 aromatic rings. The Kier molecular flexibility index (Phi) is 7.16. The maximum atomic E-state index is 12.6. The molecule has 0 unspecified atom stereocenters. The molecule has 1 aromatic heterocycles.